The molecule has 0 bridgehead atoms. The lowest BCUT2D eigenvalue weighted by atomic mass is 10.4. The Morgan fingerprint density at radius 2 is 0.571 bits per heavy atom. The molecule has 0 heterocycles. The van der Waals surface area contributed by atoms with Crippen LogP contribution in [0.15, 0.2) is 29.1 Å². The van der Waals surface area contributed by atoms with Crippen LogP contribution >= 0.6 is 92.8 Å². The summed E-state index contributed by atoms with van der Waals surface area (Å²) in [6.45, 7) is 0. The molecule has 0 aliphatic carbocycles. The van der Waals surface area contributed by atoms with Crippen LogP contribution in [0.2, 0.25) is 0 Å². The Bertz CT molecular complexity index is 283. The largest absolute Gasteiger partial charge is 0.126 e. The van der Waals surface area contributed by atoms with Crippen molar-refractivity contribution in [2.24, 2.45) is 0 Å². The molecule has 0 unspecified atom stereocenters. The van der Waals surface area contributed by atoms with E-state index >= 15 is 0 Å². The van der Waals surface area contributed by atoms with Gasteiger partial charge in [-0.3, -0.25) is 0 Å². The first-order valence-corrected chi connectivity index (χ1v) is 5.79. The Hall–Kier alpha value is 1.54. The third kappa shape index (κ3) is 4.59. The summed E-state index contributed by atoms with van der Waals surface area (Å²) in [7, 11) is 0. The number of halogens is 8. The summed E-state index contributed by atoms with van der Waals surface area (Å²) in [5.74, 6) is 0. The highest BCUT2D eigenvalue weighted by molar-refractivity contribution is 6.64. The van der Waals surface area contributed by atoms with Gasteiger partial charge in [-0.2, -0.15) is 0 Å². The normalized spacial score (nSPS) is 12.0. The fraction of sp³-hybridized carbons (Fsp3) is 0. The quantitative estimate of drug-likeness (QED) is 0.499. The zero-order valence-electron chi connectivity index (χ0n) is 6.02. The van der Waals surface area contributed by atoms with Crippen molar-refractivity contribution in [1.29, 1.82) is 0 Å². The maximum Gasteiger partial charge on any atom is 0.126 e. The first-order chi connectivity index (χ1) is 6.29. The summed E-state index contributed by atoms with van der Waals surface area (Å²) in [5, 5.41) is -0.574. The van der Waals surface area contributed by atoms with Gasteiger partial charge in [0.1, 0.15) is 8.98 Å². The summed E-state index contributed by atoms with van der Waals surface area (Å²) in [5.41, 5.74) is 0. The molecule has 0 atom stereocenters. The van der Waals surface area contributed by atoms with E-state index < -0.39 is 0 Å². The van der Waals surface area contributed by atoms with Crippen LogP contribution in [0.25, 0.3) is 0 Å². The Morgan fingerprint density at radius 1 is 0.357 bits per heavy atom. The van der Waals surface area contributed by atoms with Crippen LogP contribution in [0.4, 0.5) is 0 Å². The van der Waals surface area contributed by atoms with E-state index in [1.807, 2.05) is 0 Å². The summed E-state index contributed by atoms with van der Waals surface area (Å²) in [6.07, 6.45) is 0. The van der Waals surface area contributed by atoms with Crippen molar-refractivity contribution in [2.45, 2.75) is 0 Å². The second kappa shape index (κ2) is 6.98. The molecular formula is C6Cl8. The van der Waals surface area contributed by atoms with E-state index in [-0.39, 0.29) is 29.1 Å². The lowest BCUT2D eigenvalue weighted by Gasteiger charge is -2.02. The molecule has 0 radical (unpaired) electrons. The maximum absolute atomic E-state index is 5.67. The predicted molar refractivity (Wildman–Crippen MR) is 67.9 cm³/mol. The molecule has 14 heavy (non-hydrogen) atoms. The van der Waals surface area contributed by atoms with Gasteiger partial charge in [-0.1, -0.05) is 92.8 Å². The number of rotatable bonds is 2. The van der Waals surface area contributed by atoms with E-state index in [1.54, 1.807) is 0 Å². The van der Waals surface area contributed by atoms with Gasteiger partial charge >= 0.3 is 0 Å². The van der Waals surface area contributed by atoms with E-state index in [1.165, 1.54) is 0 Å². The first kappa shape index (κ1) is 15.5. The van der Waals surface area contributed by atoms with Crippen molar-refractivity contribution < 1.29 is 0 Å². The van der Waals surface area contributed by atoms with Crippen LogP contribution in [-0.4, -0.2) is 0 Å². The molecule has 0 N–H and O–H groups in total. The van der Waals surface area contributed by atoms with Crippen molar-refractivity contribution in [3.05, 3.63) is 29.1 Å². The van der Waals surface area contributed by atoms with Gasteiger partial charge in [-0.15, -0.1) is 0 Å². The second-order valence-electron chi connectivity index (χ2n) is 1.78. The molecule has 0 aromatic carbocycles. The van der Waals surface area contributed by atoms with E-state index in [0.717, 1.165) is 0 Å². The maximum atomic E-state index is 5.67. The second-order valence-corrected chi connectivity index (χ2v) is 5.19. The highest BCUT2D eigenvalue weighted by Crippen LogP contribution is 2.37. The molecule has 0 fully saturated rings. The van der Waals surface area contributed by atoms with Crippen molar-refractivity contribution in [2.75, 3.05) is 0 Å². The van der Waals surface area contributed by atoms with Crippen molar-refractivity contribution in [1.82, 2.24) is 0 Å². The third-order valence-corrected chi connectivity index (χ3v) is 3.85. The van der Waals surface area contributed by atoms with Gasteiger partial charge in [0.25, 0.3) is 0 Å². The molecular weight excluding hydrogens is 356 g/mol. The lowest BCUT2D eigenvalue weighted by molar-refractivity contribution is 1.72. The SMILES string of the molecule is ClC(Cl)=C(Cl)C(Cl)=C(Cl)C(Cl)=C(Cl)Cl. The fourth-order valence-electron chi connectivity index (χ4n) is 0.359. The Balaban J connectivity index is 5.37. The molecule has 0 saturated carbocycles. The number of hydrogen-bond donors (Lipinski definition) is 0. The average molecular weight is 356 g/mol. The molecule has 0 aromatic heterocycles. The standard InChI is InChI=1S/C6Cl8/c7-1(3(9)5(11)12)2(8)4(10)6(13)14. The van der Waals surface area contributed by atoms with Gasteiger partial charge in [0.15, 0.2) is 0 Å². The minimum absolute atomic E-state index is 0.142. The highest BCUT2D eigenvalue weighted by Gasteiger charge is 2.14. The van der Waals surface area contributed by atoms with Gasteiger partial charge < -0.3 is 0 Å². The van der Waals surface area contributed by atoms with Gasteiger partial charge in [0.05, 0.1) is 20.1 Å². The van der Waals surface area contributed by atoms with Crippen LogP contribution < -0.4 is 0 Å². The molecule has 0 aliphatic rings. The molecule has 80 valence electrons. The Morgan fingerprint density at radius 3 is 0.714 bits per heavy atom. The van der Waals surface area contributed by atoms with Crippen LogP contribution in [0.1, 0.15) is 0 Å². The minimum Gasteiger partial charge on any atom is -0.0809 e. The average Bonchev–Trinajstić information content (AvgIpc) is 2.12. The monoisotopic (exact) mass is 352 g/mol. The lowest BCUT2D eigenvalue weighted by Crippen LogP contribution is -1.82. The summed E-state index contributed by atoms with van der Waals surface area (Å²) in [4.78, 5) is 0. The topological polar surface area (TPSA) is 0 Å². The summed E-state index contributed by atoms with van der Waals surface area (Å²) < 4.78 is -0.491. The van der Waals surface area contributed by atoms with E-state index in [0.29, 0.717) is 0 Å². The Kier molecular flexibility index (Phi) is 7.75. The van der Waals surface area contributed by atoms with E-state index in [4.69, 9.17) is 92.8 Å². The van der Waals surface area contributed by atoms with E-state index in [9.17, 15) is 0 Å². The smallest absolute Gasteiger partial charge is 0.0809 e. The van der Waals surface area contributed by atoms with Gasteiger partial charge in [0.2, 0.25) is 0 Å². The molecule has 0 spiro atoms. The zero-order valence-corrected chi connectivity index (χ0v) is 12.1. The van der Waals surface area contributed by atoms with Gasteiger partial charge in [-0.05, 0) is 0 Å². The molecule has 0 aromatic rings. The van der Waals surface area contributed by atoms with Crippen LogP contribution in [-0.2, 0) is 0 Å². The third-order valence-electron chi connectivity index (χ3n) is 0.910. The molecule has 0 saturated heterocycles. The summed E-state index contributed by atoms with van der Waals surface area (Å²) in [6, 6.07) is 0. The Labute approximate surface area is 121 Å². The zero-order chi connectivity index (χ0) is 11.5. The summed E-state index contributed by atoms with van der Waals surface area (Å²) >= 11 is 44.0. The van der Waals surface area contributed by atoms with Crippen molar-refractivity contribution in [3.8, 4) is 0 Å². The van der Waals surface area contributed by atoms with E-state index in [2.05, 4.69) is 0 Å². The number of hydrogen-bond acceptors (Lipinski definition) is 0. The van der Waals surface area contributed by atoms with Crippen LogP contribution in [0.5, 0.6) is 0 Å². The van der Waals surface area contributed by atoms with Gasteiger partial charge in [-0.25, -0.2) is 0 Å². The minimum atomic E-state index is -0.245. The molecule has 0 aliphatic heterocycles. The first-order valence-electron chi connectivity index (χ1n) is 2.76. The number of allylic oxidation sites excluding steroid dienone is 4. The van der Waals surface area contributed by atoms with Crippen molar-refractivity contribution in [3.63, 3.8) is 0 Å². The van der Waals surface area contributed by atoms with Gasteiger partial charge in [0, 0.05) is 0 Å². The fourth-order valence-corrected chi connectivity index (χ4v) is 1.59. The highest BCUT2D eigenvalue weighted by atomic mass is 35.5. The van der Waals surface area contributed by atoms with Crippen LogP contribution in [0.3, 0.4) is 0 Å². The molecule has 8 heteroatoms. The molecule has 0 amide bonds. The molecule has 0 rings (SSSR count). The van der Waals surface area contributed by atoms with Crippen molar-refractivity contribution >= 4 is 92.8 Å². The predicted octanol–water partition coefficient (Wildman–Crippen LogP) is 6.45. The van der Waals surface area contributed by atoms with Crippen LogP contribution in [0, 0.1) is 0 Å². The molecule has 0 nitrogen and oxygen atoms in total.